The molecule has 0 aliphatic heterocycles. The zero-order valence-corrected chi connectivity index (χ0v) is 12.5. The molecule has 0 aliphatic rings. The normalized spacial score (nSPS) is 10.2. The summed E-state index contributed by atoms with van der Waals surface area (Å²) >= 11 is 11.6. The van der Waals surface area contributed by atoms with E-state index in [1.54, 1.807) is 6.07 Å². The third kappa shape index (κ3) is 4.62. The summed E-state index contributed by atoms with van der Waals surface area (Å²) in [4.78, 5) is 11.8. The largest absolute Gasteiger partial charge is 0.383 e. The monoisotopic (exact) mass is 326 g/mol. The van der Waals surface area contributed by atoms with Gasteiger partial charge in [-0.1, -0.05) is 35.3 Å². The van der Waals surface area contributed by atoms with Crippen LogP contribution in [0.4, 0.5) is 15.8 Å². The molecule has 1 amide bonds. The van der Waals surface area contributed by atoms with E-state index in [0.29, 0.717) is 17.3 Å². The quantitative estimate of drug-likeness (QED) is 0.844. The van der Waals surface area contributed by atoms with Crippen molar-refractivity contribution in [2.75, 3.05) is 17.2 Å². The maximum absolute atomic E-state index is 13.0. The molecule has 0 saturated carbocycles. The number of para-hydroxylation sites is 1. The maximum Gasteiger partial charge on any atom is 0.226 e. The standard InChI is InChI=1S/C15H13Cl2FN2O/c16-11-3-1-2-4-14(11)19-8-7-15(21)20-10-5-6-13(18)12(17)9-10/h1-6,9,19H,7-8H2,(H,20,21). The van der Waals surface area contributed by atoms with Crippen LogP contribution in [-0.4, -0.2) is 12.5 Å². The summed E-state index contributed by atoms with van der Waals surface area (Å²) in [6.45, 7) is 0.435. The molecule has 21 heavy (non-hydrogen) atoms. The fourth-order valence-corrected chi connectivity index (χ4v) is 2.10. The number of anilines is 2. The Morgan fingerprint density at radius 2 is 1.86 bits per heavy atom. The van der Waals surface area contributed by atoms with Gasteiger partial charge in [0.15, 0.2) is 0 Å². The van der Waals surface area contributed by atoms with Gasteiger partial charge in [-0.05, 0) is 30.3 Å². The molecular weight excluding hydrogens is 314 g/mol. The molecule has 110 valence electrons. The second kappa shape index (κ2) is 7.29. The van der Waals surface area contributed by atoms with Crippen molar-refractivity contribution in [3.63, 3.8) is 0 Å². The Balaban J connectivity index is 1.82. The highest BCUT2D eigenvalue weighted by Gasteiger charge is 2.05. The molecule has 3 nitrogen and oxygen atoms in total. The Morgan fingerprint density at radius 1 is 1.10 bits per heavy atom. The highest BCUT2D eigenvalue weighted by Crippen LogP contribution is 2.21. The first-order chi connectivity index (χ1) is 10.1. The minimum Gasteiger partial charge on any atom is -0.383 e. The number of rotatable bonds is 5. The second-order valence-electron chi connectivity index (χ2n) is 4.33. The summed E-state index contributed by atoms with van der Waals surface area (Å²) in [6.07, 6.45) is 0.250. The lowest BCUT2D eigenvalue weighted by Crippen LogP contribution is -2.16. The fourth-order valence-electron chi connectivity index (χ4n) is 1.71. The SMILES string of the molecule is O=C(CCNc1ccccc1Cl)Nc1ccc(F)c(Cl)c1. The highest BCUT2D eigenvalue weighted by molar-refractivity contribution is 6.33. The third-order valence-corrected chi connectivity index (χ3v) is 3.36. The molecule has 2 N–H and O–H groups in total. The van der Waals surface area contributed by atoms with Crippen LogP contribution in [0.25, 0.3) is 0 Å². The van der Waals surface area contributed by atoms with Crippen LogP contribution in [-0.2, 0) is 4.79 Å². The molecule has 2 aromatic rings. The lowest BCUT2D eigenvalue weighted by molar-refractivity contribution is -0.115. The Bertz CT molecular complexity index is 649. The van der Waals surface area contributed by atoms with E-state index < -0.39 is 5.82 Å². The van der Waals surface area contributed by atoms with Crippen LogP contribution in [0.3, 0.4) is 0 Å². The number of benzene rings is 2. The minimum absolute atomic E-state index is 0.0259. The summed E-state index contributed by atoms with van der Waals surface area (Å²) in [6, 6.07) is 11.3. The van der Waals surface area contributed by atoms with Gasteiger partial charge in [0.25, 0.3) is 0 Å². The molecule has 0 heterocycles. The lowest BCUT2D eigenvalue weighted by atomic mass is 10.3. The van der Waals surface area contributed by atoms with Gasteiger partial charge in [-0.3, -0.25) is 4.79 Å². The molecule has 0 fully saturated rings. The lowest BCUT2D eigenvalue weighted by Gasteiger charge is -2.09. The van der Waals surface area contributed by atoms with Crippen LogP contribution in [0.2, 0.25) is 10.0 Å². The zero-order valence-electron chi connectivity index (χ0n) is 11.0. The average molecular weight is 327 g/mol. The molecule has 6 heteroatoms. The Morgan fingerprint density at radius 3 is 2.57 bits per heavy atom. The van der Waals surface area contributed by atoms with Gasteiger partial charge in [0.1, 0.15) is 5.82 Å². The molecule has 0 radical (unpaired) electrons. The second-order valence-corrected chi connectivity index (χ2v) is 5.15. The number of carbonyl (C=O) groups is 1. The summed E-state index contributed by atoms with van der Waals surface area (Å²) < 4.78 is 13.0. The van der Waals surface area contributed by atoms with Gasteiger partial charge >= 0.3 is 0 Å². The van der Waals surface area contributed by atoms with Gasteiger partial charge in [-0.25, -0.2) is 4.39 Å². The van der Waals surface area contributed by atoms with Crippen molar-refractivity contribution in [3.05, 3.63) is 58.3 Å². The van der Waals surface area contributed by atoms with Crippen molar-refractivity contribution in [1.82, 2.24) is 0 Å². The molecule has 2 rings (SSSR count). The highest BCUT2D eigenvalue weighted by atomic mass is 35.5. The van der Waals surface area contributed by atoms with Crippen LogP contribution in [0, 0.1) is 5.82 Å². The van der Waals surface area contributed by atoms with Gasteiger partial charge in [0, 0.05) is 18.7 Å². The van der Waals surface area contributed by atoms with Crippen molar-refractivity contribution >= 4 is 40.5 Å². The smallest absolute Gasteiger partial charge is 0.226 e. The Labute approximate surface area is 132 Å². The number of amides is 1. The predicted molar refractivity (Wildman–Crippen MR) is 84.6 cm³/mol. The Hall–Kier alpha value is -1.78. The van der Waals surface area contributed by atoms with E-state index >= 15 is 0 Å². The topological polar surface area (TPSA) is 41.1 Å². The van der Waals surface area contributed by atoms with Crippen LogP contribution in [0.15, 0.2) is 42.5 Å². The van der Waals surface area contributed by atoms with Gasteiger partial charge < -0.3 is 10.6 Å². The number of hydrogen-bond acceptors (Lipinski definition) is 2. The van der Waals surface area contributed by atoms with Crippen LogP contribution in [0.5, 0.6) is 0 Å². The van der Waals surface area contributed by atoms with E-state index in [9.17, 15) is 9.18 Å². The van der Waals surface area contributed by atoms with Gasteiger partial charge in [-0.2, -0.15) is 0 Å². The van der Waals surface area contributed by atoms with E-state index in [2.05, 4.69) is 10.6 Å². The van der Waals surface area contributed by atoms with E-state index in [1.807, 2.05) is 18.2 Å². The number of hydrogen-bond donors (Lipinski definition) is 2. The number of nitrogens with one attached hydrogen (secondary N) is 2. The summed E-state index contributed by atoms with van der Waals surface area (Å²) in [5, 5.41) is 6.29. The molecule has 0 bridgehead atoms. The number of halogens is 3. The van der Waals surface area contributed by atoms with Gasteiger partial charge in [0.2, 0.25) is 5.91 Å². The maximum atomic E-state index is 13.0. The molecule has 0 unspecified atom stereocenters. The van der Waals surface area contributed by atoms with Gasteiger partial charge in [-0.15, -0.1) is 0 Å². The minimum atomic E-state index is -0.518. The van der Waals surface area contributed by atoms with Crippen LogP contribution >= 0.6 is 23.2 Å². The summed E-state index contributed by atoms with van der Waals surface area (Å²) in [5.74, 6) is -0.715. The Kier molecular flexibility index (Phi) is 5.42. The van der Waals surface area contributed by atoms with Crippen molar-refractivity contribution in [3.8, 4) is 0 Å². The summed E-state index contributed by atoms with van der Waals surface area (Å²) in [7, 11) is 0. The molecule has 0 aromatic heterocycles. The van der Waals surface area contributed by atoms with E-state index in [0.717, 1.165) is 5.69 Å². The number of carbonyl (C=O) groups excluding carboxylic acids is 1. The van der Waals surface area contributed by atoms with E-state index in [4.69, 9.17) is 23.2 Å². The molecular formula is C15H13Cl2FN2O. The molecule has 0 aliphatic carbocycles. The zero-order chi connectivity index (χ0) is 15.2. The van der Waals surface area contributed by atoms with Crippen LogP contribution in [0.1, 0.15) is 6.42 Å². The van der Waals surface area contributed by atoms with Crippen molar-refractivity contribution in [2.24, 2.45) is 0 Å². The van der Waals surface area contributed by atoms with E-state index in [1.165, 1.54) is 18.2 Å². The first-order valence-corrected chi connectivity index (χ1v) is 7.05. The van der Waals surface area contributed by atoms with Crippen molar-refractivity contribution in [2.45, 2.75) is 6.42 Å². The third-order valence-electron chi connectivity index (χ3n) is 2.74. The van der Waals surface area contributed by atoms with Crippen molar-refractivity contribution in [1.29, 1.82) is 0 Å². The average Bonchev–Trinajstić information content (AvgIpc) is 2.45. The van der Waals surface area contributed by atoms with Gasteiger partial charge in [0.05, 0.1) is 15.7 Å². The summed E-state index contributed by atoms with van der Waals surface area (Å²) in [5.41, 5.74) is 1.24. The fraction of sp³-hybridized carbons (Fsp3) is 0.133. The first kappa shape index (κ1) is 15.6. The molecule has 0 spiro atoms. The first-order valence-electron chi connectivity index (χ1n) is 6.29. The molecule has 2 aromatic carbocycles. The van der Waals surface area contributed by atoms with E-state index in [-0.39, 0.29) is 17.4 Å². The predicted octanol–water partition coefficient (Wildman–Crippen LogP) is 4.57. The molecule has 0 saturated heterocycles. The van der Waals surface area contributed by atoms with Crippen LogP contribution < -0.4 is 10.6 Å². The molecule has 0 atom stereocenters. The van der Waals surface area contributed by atoms with Crippen molar-refractivity contribution < 1.29 is 9.18 Å².